The van der Waals surface area contributed by atoms with Gasteiger partial charge >= 0.3 is 0 Å². The molecule has 2 aromatic heterocycles. The topological polar surface area (TPSA) is 67.6 Å². The molecule has 84 valence electrons. The molecular formula is C12H16N4. The van der Waals surface area contributed by atoms with Crippen LogP contribution in [-0.4, -0.2) is 15.2 Å². The third kappa shape index (κ3) is 1.22. The molecular weight excluding hydrogens is 200 g/mol. The average Bonchev–Trinajstić information content (AvgIpc) is 2.74. The number of aryl methyl sites for hydroxylation is 3. The van der Waals surface area contributed by atoms with Gasteiger partial charge in [-0.05, 0) is 37.7 Å². The van der Waals surface area contributed by atoms with Crippen molar-refractivity contribution in [3.63, 3.8) is 0 Å². The summed E-state index contributed by atoms with van der Waals surface area (Å²) < 4.78 is 0. The highest BCUT2D eigenvalue weighted by Crippen LogP contribution is 2.31. The number of H-pyrrole nitrogens is 1. The van der Waals surface area contributed by atoms with Crippen molar-refractivity contribution in [1.82, 2.24) is 15.2 Å². The zero-order valence-corrected chi connectivity index (χ0v) is 9.51. The predicted molar refractivity (Wildman–Crippen MR) is 64.3 cm³/mol. The SMILES string of the molecule is CCc1[nH]nc2c(N)nc3c(c12)CCCC3. The van der Waals surface area contributed by atoms with Crippen LogP contribution in [0.2, 0.25) is 0 Å². The fraction of sp³-hybridized carbons (Fsp3) is 0.500. The summed E-state index contributed by atoms with van der Waals surface area (Å²) in [4.78, 5) is 4.48. The Labute approximate surface area is 94.3 Å². The number of anilines is 1. The van der Waals surface area contributed by atoms with Gasteiger partial charge < -0.3 is 5.73 Å². The molecule has 3 rings (SSSR count). The maximum Gasteiger partial charge on any atom is 0.152 e. The lowest BCUT2D eigenvalue weighted by Crippen LogP contribution is -2.08. The molecule has 0 spiro atoms. The standard InChI is InChI=1S/C12H16N4/c1-2-8-10-7-5-3-4-6-9(7)14-12(13)11(10)16-15-8/h2-6H2,1H3,(H2,13,14)(H,15,16). The minimum Gasteiger partial charge on any atom is -0.382 e. The van der Waals surface area contributed by atoms with E-state index in [1.807, 2.05) is 0 Å². The first kappa shape index (κ1) is 9.63. The smallest absolute Gasteiger partial charge is 0.152 e. The Morgan fingerprint density at radius 2 is 2.12 bits per heavy atom. The molecule has 0 bridgehead atoms. The van der Waals surface area contributed by atoms with E-state index in [9.17, 15) is 0 Å². The van der Waals surface area contributed by atoms with Crippen molar-refractivity contribution >= 4 is 16.7 Å². The molecule has 0 aromatic carbocycles. The number of nitrogens with two attached hydrogens (primary N) is 1. The number of fused-ring (bicyclic) bond motifs is 3. The van der Waals surface area contributed by atoms with Crippen molar-refractivity contribution in [2.45, 2.75) is 39.0 Å². The number of rotatable bonds is 1. The Kier molecular flexibility index (Phi) is 2.09. The quantitative estimate of drug-likeness (QED) is 0.766. The summed E-state index contributed by atoms with van der Waals surface area (Å²) in [5.74, 6) is 0.576. The summed E-state index contributed by atoms with van der Waals surface area (Å²) >= 11 is 0. The Hall–Kier alpha value is -1.58. The molecule has 4 heteroatoms. The van der Waals surface area contributed by atoms with Crippen molar-refractivity contribution in [2.24, 2.45) is 0 Å². The lowest BCUT2D eigenvalue weighted by molar-refractivity contribution is 0.673. The Bertz CT molecular complexity index is 541. The van der Waals surface area contributed by atoms with Crippen LogP contribution in [0.5, 0.6) is 0 Å². The first-order valence-electron chi connectivity index (χ1n) is 5.95. The Morgan fingerprint density at radius 1 is 1.31 bits per heavy atom. The van der Waals surface area contributed by atoms with E-state index in [1.54, 1.807) is 0 Å². The lowest BCUT2D eigenvalue weighted by atomic mass is 9.92. The third-order valence-electron chi connectivity index (χ3n) is 3.43. The summed E-state index contributed by atoms with van der Waals surface area (Å²) in [6, 6.07) is 0. The van der Waals surface area contributed by atoms with Gasteiger partial charge in [0.1, 0.15) is 5.52 Å². The van der Waals surface area contributed by atoms with Crippen LogP contribution in [0.15, 0.2) is 0 Å². The summed E-state index contributed by atoms with van der Waals surface area (Å²) in [5, 5.41) is 8.61. The van der Waals surface area contributed by atoms with Gasteiger partial charge in [0.2, 0.25) is 0 Å². The van der Waals surface area contributed by atoms with Gasteiger partial charge in [0.15, 0.2) is 5.82 Å². The average molecular weight is 216 g/mol. The molecule has 4 nitrogen and oxygen atoms in total. The molecule has 0 saturated carbocycles. The van der Waals surface area contributed by atoms with Crippen LogP contribution < -0.4 is 5.73 Å². The summed E-state index contributed by atoms with van der Waals surface area (Å²) in [7, 11) is 0. The van der Waals surface area contributed by atoms with E-state index >= 15 is 0 Å². The second-order valence-electron chi connectivity index (χ2n) is 4.41. The second-order valence-corrected chi connectivity index (χ2v) is 4.41. The summed E-state index contributed by atoms with van der Waals surface area (Å²) in [6.07, 6.45) is 5.62. The van der Waals surface area contributed by atoms with Crippen LogP contribution in [0.25, 0.3) is 10.9 Å². The lowest BCUT2D eigenvalue weighted by Gasteiger charge is -2.16. The number of pyridine rings is 1. The maximum absolute atomic E-state index is 5.95. The zero-order valence-electron chi connectivity index (χ0n) is 9.51. The normalized spacial score (nSPS) is 15.3. The third-order valence-corrected chi connectivity index (χ3v) is 3.43. The van der Waals surface area contributed by atoms with E-state index in [2.05, 4.69) is 22.1 Å². The Balaban J connectivity index is 2.38. The largest absolute Gasteiger partial charge is 0.382 e. The molecule has 1 aliphatic rings. The minimum absolute atomic E-state index is 0.576. The van der Waals surface area contributed by atoms with Crippen LogP contribution in [0.4, 0.5) is 5.82 Å². The Morgan fingerprint density at radius 3 is 2.94 bits per heavy atom. The first-order chi connectivity index (χ1) is 7.81. The van der Waals surface area contributed by atoms with Gasteiger partial charge in [-0.25, -0.2) is 4.98 Å². The predicted octanol–water partition coefficient (Wildman–Crippen LogP) is 1.98. The molecule has 0 amide bonds. The fourth-order valence-corrected chi connectivity index (χ4v) is 2.62. The summed E-state index contributed by atoms with van der Waals surface area (Å²) in [6.45, 7) is 2.14. The van der Waals surface area contributed by atoms with Crippen LogP contribution in [-0.2, 0) is 19.3 Å². The van der Waals surface area contributed by atoms with Gasteiger partial charge in [-0.15, -0.1) is 0 Å². The van der Waals surface area contributed by atoms with Crippen molar-refractivity contribution in [3.8, 4) is 0 Å². The monoisotopic (exact) mass is 216 g/mol. The second kappa shape index (κ2) is 3.47. The van der Waals surface area contributed by atoms with Gasteiger partial charge in [0.05, 0.1) is 0 Å². The highest BCUT2D eigenvalue weighted by atomic mass is 15.1. The molecule has 3 N–H and O–H groups in total. The number of nitrogens with zero attached hydrogens (tertiary/aromatic N) is 2. The van der Waals surface area contributed by atoms with Crippen molar-refractivity contribution in [1.29, 1.82) is 0 Å². The number of hydrogen-bond donors (Lipinski definition) is 2. The molecule has 0 radical (unpaired) electrons. The molecule has 0 unspecified atom stereocenters. The van der Waals surface area contributed by atoms with Crippen LogP contribution in [0, 0.1) is 0 Å². The van der Waals surface area contributed by atoms with E-state index < -0.39 is 0 Å². The molecule has 0 aliphatic heterocycles. The van der Waals surface area contributed by atoms with E-state index in [4.69, 9.17) is 5.73 Å². The van der Waals surface area contributed by atoms with E-state index in [-0.39, 0.29) is 0 Å². The van der Waals surface area contributed by atoms with Crippen LogP contribution in [0.1, 0.15) is 36.7 Å². The van der Waals surface area contributed by atoms with Crippen molar-refractivity contribution < 1.29 is 0 Å². The van der Waals surface area contributed by atoms with E-state index in [0.29, 0.717) is 5.82 Å². The number of nitrogens with one attached hydrogen (secondary N) is 1. The minimum atomic E-state index is 0.576. The molecule has 16 heavy (non-hydrogen) atoms. The number of aromatic nitrogens is 3. The maximum atomic E-state index is 5.95. The fourth-order valence-electron chi connectivity index (χ4n) is 2.62. The first-order valence-corrected chi connectivity index (χ1v) is 5.95. The molecule has 0 saturated heterocycles. The van der Waals surface area contributed by atoms with Crippen molar-refractivity contribution in [3.05, 3.63) is 17.0 Å². The van der Waals surface area contributed by atoms with Gasteiger partial charge in [0.25, 0.3) is 0 Å². The highest BCUT2D eigenvalue weighted by molar-refractivity contribution is 5.92. The van der Waals surface area contributed by atoms with Gasteiger partial charge in [-0.3, -0.25) is 5.10 Å². The van der Waals surface area contributed by atoms with E-state index in [0.717, 1.165) is 24.8 Å². The number of hydrogen-bond acceptors (Lipinski definition) is 3. The summed E-state index contributed by atoms with van der Waals surface area (Å²) in [5.41, 5.74) is 10.6. The van der Waals surface area contributed by atoms with Gasteiger partial charge in [-0.1, -0.05) is 6.92 Å². The van der Waals surface area contributed by atoms with Crippen LogP contribution >= 0.6 is 0 Å². The molecule has 2 aromatic rings. The van der Waals surface area contributed by atoms with Crippen LogP contribution in [0.3, 0.4) is 0 Å². The molecule has 1 aliphatic carbocycles. The molecule has 0 fully saturated rings. The van der Waals surface area contributed by atoms with Gasteiger partial charge in [0, 0.05) is 16.8 Å². The molecule has 0 atom stereocenters. The highest BCUT2D eigenvalue weighted by Gasteiger charge is 2.19. The molecule has 2 heterocycles. The number of nitrogen functional groups attached to an aromatic ring is 1. The van der Waals surface area contributed by atoms with Crippen molar-refractivity contribution in [2.75, 3.05) is 5.73 Å². The number of aromatic amines is 1. The van der Waals surface area contributed by atoms with E-state index in [1.165, 1.54) is 35.2 Å². The van der Waals surface area contributed by atoms with Gasteiger partial charge in [-0.2, -0.15) is 5.10 Å². The zero-order chi connectivity index (χ0) is 11.1.